The number of hydrogen-bond acceptors (Lipinski definition) is 6. The van der Waals surface area contributed by atoms with Gasteiger partial charge in [0.25, 0.3) is 10.1 Å². The molecule has 0 heterocycles. The van der Waals surface area contributed by atoms with Crippen LogP contribution >= 0.6 is 0 Å². The highest BCUT2D eigenvalue weighted by Gasteiger charge is 2.37. The van der Waals surface area contributed by atoms with Crippen LogP contribution in [0.5, 0.6) is 0 Å². The van der Waals surface area contributed by atoms with Crippen LogP contribution in [0, 0.1) is 5.92 Å². The molecule has 294 valence electrons. The van der Waals surface area contributed by atoms with Crippen LogP contribution in [0.25, 0.3) is 0 Å². The second kappa shape index (κ2) is 22.4. The smallest absolute Gasteiger partial charge is 0.270 e. The van der Waals surface area contributed by atoms with Gasteiger partial charge in [-0.05, 0) is 113 Å². The van der Waals surface area contributed by atoms with E-state index in [0.717, 1.165) is 103 Å². The summed E-state index contributed by atoms with van der Waals surface area (Å²) in [6, 6.07) is 0. The van der Waals surface area contributed by atoms with Crippen LogP contribution in [0.3, 0.4) is 0 Å². The van der Waals surface area contributed by atoms with E-state index in [2.05, 4.69) is 74.7 Å². The van der Waals surface area contributed by atoms with Gasteiger partial charge in [0.1, 0.15) is 0 Å². The van der Waals surface area contributed by atoms with Crippen LogP contribution in [0.1, 0.15) is 183 Å². The zero-order valence-electron chi connectivity index (χ0n) is 34.5. The average Bonchev–Trinajstić information content (AvgIpc) is 2.98. The van der Waals surface area contributed by atoms with E-state index in [4.69, 9.17) is 13.0 Å². The predicted octanol–water partition coefficient (Wildman–Crippen LogP) is 12.3. The van der Waals surface area contributed by atoms with E-state index in [-0.39, 0.29) is 21.9 Å². The molecule has 0 amide bonds. The molecule has 9 heteroatoms. The average molecular weight is 749 g/mol. The molecule has 6 nitrogen and oxygen atoms in total. The quantitative estimate of drug-likeness (QED) is 0.0512. The Morgan fingerprint density at radius 1 is 0.551 bits per heavy atom. The molecular weight excluding hydrogens is 665 g/mol. The molecule has 0 unspecified atom stereocenters. The van der Waals surface area contributed by atoms with Gasteiger partial charge in [-0.3, -0.25) is 4.18 Å². The van der Waals surface area contributed by atoms with Crippen molar-refractivity contribution in [2.75, 3.05) is 19.8 Å². The lowest BCUT2D eigenvalue weighted by Gasteiger charge is -2.36. The number of rotatable bonds is 27. The summed E-state index contributed by atoms with van der Waals surface area (Å²) in [6.07, 6.45) is 21.3. The van der Waals surface area contributed by atoms with Crippen LogP contribution in [0.2, 0.25) is 36.3 Å². The van der Waals surface area contributed by atoms with Crippen molar-refractivity contribution in [3.8, 4) is 0 Å². The summed E-state index contributed by atoms with van der Waals surface area (Å²) in [6.45, 7) is 27.3. The van der Waals surface area contributed by atoms with E-state index in [9.17, 15) is 13.5 Å². The maximum absolute atomic E-state index is 12.7. The molecule has 0 bridgehead atoms. The Balaban J connectivity index is 2.41. The molecule has 1 aliphatic carbocycles. The van der Waals surface area contributed by atoms with E-state index in [0.29, 0.717) is 12.3 Å². The van der Waals surface area contributed by atoms with E-state index < -0.39 is 32.4 Å². The van der Waals surface area contributed by atoms with Gasteiger partial charge in [-0.1, -0.05) is 113 Å². The Bertz CT molecular complexity index is 918. The van der Waals surface area contributed by atoms with Crippen molar-refractivity contribution in [3.05, 3.63) is 0 Å². The van der Waals surface area contributed by atoms with Crippen molar-refractivity contribution in [1.29, 1.82) is 0 Å². The maximum Gasteiger partial charge on any atom is 0.270 e. The van der Waals surface area contributed by atoms with Gasteiger partial charge in [-0.2, -0.15) is 8.42 Å². The maximum atomic E-state index is 12.7. The summed E-state index contributed by atoms with van der Waals surface area (Å²) in [4.78, 5) is 0. The second-order valence-corrected chi connectivity index (χ2v) is 30.3. The van der Waals surface area contributed by atoms with Crippen LogP contribution < -0.4 is 0 Å². The third kappa shape index (κ3) is 19.8. The first-order chi connectivity index (χ1) is 22.6. The fraction of sp³-hybridized carbons (Fsp3) is 1.00. The van der Waals surface area contributed by atoms with Gasteiger partial charge in [0.05, 0.1) is 17.5 Å². The number of aliphatic hydroxyl groups is 1. The third-order valence-corrected chi connectivity index (χ3v) is 23.1. The zero-order chi connectivity index (χ0) is 37.2. The van der Waals surface area contributed by atoms with Crippen molar-refractivity contribution in [2.24, 2.45) is 5.92 Å². The zero-order valence-corrected chi connectivity index (χ0v) is 37.3. The van der Waals surface area contributed by atoms with Gasteiger partial charge in [0, 0.05) is 13.2 Å². The Hall–Kier alpha value is 0.224. The molecule has 0 aromatic carbocycles. The minimum absolute atomic E-state index is 0.239. The monoisotopic (exact) mass is 749 g/mol. The summed E-state index contributed by atoms with van der Waals surface area (Å²) in [5.74, 6) is 0.614. The van der Waals surface area contributed by atoms with Crippen LogP contribution in [-0.4, -0.2) is 60.8 Å². The second-order valence-electron chi connectivity index (χ2n) is 18.8. The highest BCUT2D eigenvalue weighted by molar-refractivity contribution is 7.87. The molecule has 0 radical (unpaired) electrons. The fourth-order valence-corrected chi connectivity index (χ4v) is 9.90. The number of unbranched alkanes of at least 4 members (excludes halogenated alkanes) is 11. The summed E-state index contributed by atoms with van der Waals surface area (Å²) in [5.41, 5.74) is -0.660. The number of hydrogen-bond donors (Lipinski definition) is 1. The van der Waals surface area contributed by atoms with Gasteiger partial charge in [0.2, 0.25) is 0 Å². The Kier molecular flexibility index (Phi) is 21.6. The first kappa shape index (κ1) is 47.2. The normalized spacial score (nSPS) is 18.7. The summed E-state index contributed by atoms with van der Waals surface area (Å²) in [7, 11) is -6.78. The molecule has 1 N–H and O–H groups in total. The van der Waals surface area contributed by atoms with Gasteiger partial charge in [0.15, 0.2) is 16.6 Å². The molecule has 0 atom stereocenters. The lowest BCUT2D eigenvalue weighted by molar-refractivity contribution is 0.00655. The molecular formula is C40H84O6SSi2. The molecule has 49 heavy (non-hydrogen) atoms. The SMILES string of the molecule is CC1CCC(S(=O)(=O)OCCCCC(O)(CCCCCCCCO[Si](C)(C)C(C)(C)C)CCCCCCCCO[Si](C)(C)C(C)(C)C)CC1. The highest BCUT2D eigenvalue weighted by atomic mass is 32.2. The standard InChI is InChI=1S/C40H84O6SSi2/c1-36-26-28-37(29-27-36)47(42,43)44-33-25-22-32-40(41,30-20-16-12-14-18-23-34-45-48(8,9)38(2,3)4)31-21-17-13-15-19-24-35-46-49(10,11)39(5,6)7/h36-37,41H,12-35H2,1-11H3. The lowest BCUT2D eigenvalue weighted by Crippen LogP contribution is -2.40. The molecule has 1 fully saturated rings. The Labute approximate surface area is 308 Å². The Morgan fingerprint density at radius 2 is 0.878 bits per heavy atom. The van der Waals surface area contributed by atoms with E-state index in [1.165, 1.54) is 38.5 Å². The fourth-order valence-electron chi connectivity index (χ4n) is 6.33. The van der Waals surface area contributed by atoms with Gasteiger partial charge >= 0.3 is 0 Å². The van der Waals surface area contributed by atoms with E-state index in [1.54, 1.807) is 0 Å². The van der Waals surface area contributed by atoms with E-state index >= 15 is 0 Å². The van der Waals surface area contributed by atoms with Crippen molar-refractivity contribution in [3.63, 3.8) is 0 Å². The predicted molar refractivity (Wildman–Crippen MR) is 216 cm³/mol. The largest absolute Gasteiger partial charge is 0.417 e. The first-order valence-electron chi connectivity index (χ1n) is 20.5. The van der Waals surface area contributed by atoms with Gasteiger partial charge in [-0.15, -0.1) is 0 Å². The molecule has 0 saturated heterocycles. The van der Waals surface area contributed by atoms with E-state index in [1.807, 2.05) is 0 Å². The van der Waals surface area contributed by atoms with Crippen molar-refractivity contribution in [1.82, 2.24) is 0 Å². The summed E-state index contributed by atoms with van der Waals surface area (Å²) >= 11 is 0. The van der Waals surface area contributed by atoms with Gasteiger partial charge < -0.3 is 14.0 Å². The van der Waals surface area contributed by atoms with Gasteiger partial charge in [-0.25, -0.2) is 0 Å². The molecule has 1 aliphatic rings. The van der Waals surface area contributed by atoms with Crippen molar-refractivity contribution in [2.45, 2.75) is 230 Å². The summed E-state index contributed by atoms with van der Waals surface area (Å²) in [5, 5.41) is 11.9. The van der Waals surface area contributed by atoms with Crippen molar-refractivity contribution >= 4 is 26.8 Å². The molecule has 1 saturated carbocycles. The molecule has 0 aliphatic heterocycles. The highest BCUT2D eigenvalue weighted by Crippen LogP contribution is 2.38. The first-order valence-corrected chi connectivity index (χ1v) is 27.8. The Morgan fingerprint density at radius 3 is 1.27 bits per heavy atom. The minimum atomic E-state index is -3.48. The van der Waals surface area contributed by atoms with Crippen LogP contribution in [-0.2, 0) is 23.2 Å². The minimum Gasteiger partial charge on any atom is -0.417 e. The summed E-state index contributed by atoms with van der Waals surface area (Å²) < 4.78 is 43.6. The molecule has 0 aromatic rings. The topological polar surface area (TPSA) is 82.1 Å². The molecule has 1 rings (SSSR count). The lowest BCUT2D eigenvalue weighted by atomic mass is 9.85. The van der Waals surface area contributed by atoms with Crippen molar-refractivity contribution < 1.29 is 26.6 Å². The van der Waals surface area contributed by atoms with Crippen LogP contribution in [0.15, 0.2) is 0 Å². The molecule has 0 spiro atoms. The molecule has 0 aromatic heterocycles. The third-order valence-electron chi connectivity index (χ3n) is 12.3. The van der Waals surface area contributed by atoms with Crippen LogP contribution in [0.4, 0.5) is 0 Å².